The number of para-hydroxylation sites is 2. The number of nitrogens with zero attached hydrogens (tertiary/aromatic N) is 1. The van der Waals surface area contributed by atoms with Crippen molar-refractivity contribution in [2.75, 3.05) is 0 Å². The first-order valence-electron chi connectivity index (χ1n) is 6.56. The van der Waals surface area contributed by atoms with E-state index in [2.05, 4.69) is 43.1 Å². The van der Waals surface area contributed by atoms with Gasteiger partial charge in [-0.2, -0.15) is 0 Å². The molecule has 0 aliphatic rings. The number of phenols is 1. The van der Waals surface area contributed by atoms with Crippen LogP contribution < -0.4 is 0 Å². The molecule has 0 fully saturated rings. The Morgan fingerprint density at radius 1 is 1.05 bits per heavy atom. The molecule has 1 N–H and O–H groups in total. The summed E-state index contributed by atoms with van der Waals surface area (Å²) in [5, 5.41) is 9.59. The minimum atomic E-state index is 0.217. The van der Waals surface area contributed by atoms with Crippen LogP contribution in [0.5, 0.6) is 5.75 Å². The number of benzene rings is 2. The molecule has 0 heterocycles. The van der Waals surface area contributed by atoms with Crippen molar-refractivity contribution in [2.24, 2.45) is 4.99 Å². The summed E-state index contributed by atoms with van der Waals surface area (Å²) in [7, 11) is 0. The van der Waals surface area contributed by atoms with Crippen LogP contribution in [0, 0.1) is 0 Å². The third-order valence-corrected chi connectivity index (χ3v) is 3.09. The van der Waals surface area contributed by atoms with E-state index in [0.29, 0.717) is 11.6 Å². The minimum absolute atomic E-state index is 0.217. The van der Waals surface area contributed by atoms with E-state index in [-0.39, 0.29) is 5.75 Å². The lowest BCUT2D eigenvalue weighted by Gasteiger charge is -2.05. The molecule has 2 nitrogen and oxygen atoms in total. The van der Waals surface area contributed by atoms with Crippen molar-refractivity contribution in [1.82, 2.24) is 0 Å². The molecule has 2 heteroatoms. The number of hydrogen-bond acceptors (Lipinski definition) is 2. The molecule has 19 heavy (non-hydrogen) atoms. The molecule has 2 aromatic carbocycles. The molecule has 0 aliphatic carbocycles. The molecule has 0 radical (unpaired) electrons. The van der Waals surface area contributed by atoms with E-state index in [1.807, 2.05) is 12.3 Å². The van der Waals surface area contributed by atoms with Crippen molar-refractivity contribution in [3.8, 4) is 5.75 Å². The van der Waals surface area contributed by atoms with Crippen LogP contribution in [-0.2, 0) is 6.42 Å². The van der Waals surface area contributed by atoms with Gasteiger partial charge in [0.15, 0.2) is 0 Å². The molecule has 0 atom stereocenters. The average Bonchev–Trinajstić information content (AvgIpc) is 2.41. The summed E-state index contributed by atoms with van der Waals surface area (Å²) in [5.41, 5.74) is 3.19. The summed E-state index contributed by atoms with van der Waals surface area (Å²) in [5.74, 6) is 0.776. The number of rotatable bonds is 4. The quantitative estimate of drug-likeness (QED) is 0.802. The Morgan fingerprint density at radius 2 is 1.74 bits per heavy atom. The molecule has 2 aromatic rings. The highest BCUT2D eigenvalue weighted by atomic mass is 16.3. The molecule has 0 saturated carbocycles. The van der Waals surface area contributed by atoms with Crippen molar-refractivity contribution < 1.29 is 5.11 Å². The second-order valence-electron chi connectivity index (χ2n) is 4.90. The fourth-order valence-corrected chi connectivity index (χ4v) is 1.86. The fourth-order valence-electron chi connectivity index (χ4n) is 1.86. The lowest BCUT2D eigenvalue weighted by atomic mass is 10.0. The summed E-state index contributed by atoms with van der Waals surface area (Å²) in [6.45, 7) is 4.38. The second kappa shape index (κ2) is 6.19. The van der Waals surface area contributed by atoms with E-state index in [1.54, 1.807) is 18.2 Å². The Morgan fingerprint density at radius 3 is 2.37 bits per heavy atom. The molecule has 0 bridgehead atoms. The van der Waals surface area contributed by atoms with E-state index in [0.717, 1.165) is 6.42 Å². The van der Waals surface area contributed by atoms with Crippen molar-refractivity contribution in [2.45, 2.75) is 26.2 Å². The third kappa shape index (κ3) is 3.68. The average molecular weight is 253 g/mol. The van der Waals surface area contributed by atoms with Gasteiger partial charge in [-0.1, -0.05) is 50.2 Å². The van der Waals surface area contributed by atoms with Crippen LogP contribution in [0.4, 0.5) is 5.69 Å². The van der Waals surface area contributed by atoms with Gasteiger partial charge in [0.2, 0.25) is 0 Å². The molecular weight excluding hydrogens is 234 g/mol. The number of hydrogen-bond donors (Lipinski definition) is 1. The van der Waals surface area contributed by atoms with Crippen LogP contribution in [0.2, 0.25) is 0 Å². The van der Waals surface area contributed by atoms with Crippen molar-refractivity contribution in [3.63, 3.8) is 0 Å². The lowest BCUT2D eigenvalue weighted by Crippen LogP contribution is -1.90. The Balaban J connectivity index is 2.01. The Kier molecular flexibility index (Phi) is 4.35. The molecular formula is C17H19NO. The van der Waals surface area contributed by atoms with Crippen LogP contribution >= 0.6 is 0 Å². The second-order valence-corrected chi connectivity index (χ2v) is 4.90. The predicted octanol–water partition coefficient (Wildman–Crippen LogP) is 4.46. The van der Waals surface area contributed by atoms with Crippen molar-refractivity contribution in [1.29, 1.82) is 0 Å². The topological polar surface area (TPSA) is 32.6 Å². The number of aromatic hydroxyl groups is 1. The van der Waals surface area contributed by atoms with E-state index in [1.165, 1.54) is 11.1 Å². The molecule has 0 saturated heterocycles. The zero-order chi connectivity index (χ0) is 13.7. The summed E-state index contributed by atoms with van der Waals surface area (Å²) >= 11 is 0. The molecule has 98 valence electrons. The first-order chi connectivity index (χ1) is 9.16. The summed E-state index contributed by atoms with van der Waals surface area (Å²) in [4.78, 5) is 4.28. The van der Waals surface area contributed by atoms with E-state index < -0.39 is 0 Å². The smallest absolute Gasteiger partial charge is 0.141 e. The van der Waals surface area contributed by atoms with Crippen molar-refractivity contribution >= 4 is 11.9 Å². The normalized spacial score (nSPS) is 11.3. The van der Waals surface area contributed by atoms with Gasteiger partial charge in [-0.05, 0) is 29.2 Å². The maximum Gasteiger partial charge on any atom is 0.141 e. The number of phenolic OH excluding ortho intramolecular Hbond substituents is 1. The molecule has 0 spiro atoms. The molecule has 0 aromatic heterocycles. The highest BCUT2D eigenvalue weighted by Gasteiger charge is 1.98. The van der Waals surface area contributed by atoms with Gasteiger partial charge in [0.1, 0.15) is 11.4 Å². The summed E-state index contributed by atoms with van der Waals surface area (Å²) in [6, 6.07) is 15.7. The maximum absolute atomic E-state index is 9.59. The predicted molar refractivity (Wildman–Crippen MR) is 80.5 cm³/mol. The van der Waals surface area contributed by atoms with Crippen LogP contribution in [0.1, 0.15) is 30.9 Å². The third-order valence-electron chi connectivity index (χ3n) is 3.09. The molecule has 0 aliphatic heterocycles. The zero-order valence-electron chi connectivity index (χ0n) is 11.4. The highest BCUT2D eigenvalue weighted by Crippen LogP contribution is 2.24. The van der Waals surface area contributed by atoms with Gasteiger partial charge in [0.05, 0.1) is 0 Å². The number of aliphatic imine (C=N–C) groups is 1. The standard InChI is InChI=1S/C17H19NO/c1-13(2)15-9-7-14(8-10-15)11-12-18-16-5-3-4-6-17(16)19/h3-10,12-13,19H,11H2,1-2H3. The zero-order valence-corrected chi connectivity index (χ0v) is 11.4. The SMILES string of the molecule is CC(C)c1ccc(CC=Nc2ccccc2O)cc1. The maximum atomic E-state index is 9.59. The van der Waals surface area contributed by atoms with Crippen LogP contribution in [0.3, 0.4) is 0 Å². The lowest BCUT2D eigenvalue weighted by molar-refractivity contribution is 0.477. The monoisotopic (exact) mass is 253 g/mol. The van der Waals surface area contributed by atoms with Gasteiger partial charge in [0.25, 0.3) is 0 Å². The van der Waals surface area contributed by atoms with Gasteiger partial charge in [-0.3, -0.25) is 4.99 Å². The molecule has 2 rings (SSSR count). The van der Waals surface area contributed by atoms with Gasteiger partial charge in [0, 0.05) is 12.6 Å². The summed E-state index contributed by atoms with van der Waals surface area (Å²) < 4.78 is 0. The van der Waals surface area contributed by atoms with E-state index >= 15 is 0 Å². The van der Waals surface area contributed by atoms with Gasteiger partial charge in [-0.25, -0.2) is 0 Å². The first kappa shape index (κ1) is 13.3. The Hall–Kier alpha value is -2.09. The van der Waals surface area contributed by atoms with Gasteiger partial charge >= 0.3 is 0 Å². The van der Waals surface area contributed by atoms with Gasteiger partial charge < -0.3 is 5.11 Å². The Labute approximate surface area is 114 Å². The minimum Gasteiger partial charge on any atom is -0.506 e. The highest BCUT2D eigenvalue weighted by molar-refractivity contribution is 5.68. The van der Waals surface area contributed by atoms with E-state index in [4.69, 9.17) is 0 Å². The largest absolute Gasteiger partial charge is 0.506 e. The van der Waals surface area contributed by atoms with Crippen LogP contribution in [0.15, 0.2) is 53.5 Å². The fraction of sp³-hybridized carbons (Fsp3) is 0.235. The van der Waals surface area contributed by atoms with Gasteiger partial charge in [-0.15, -0.1) is 0 Å². The van der Waals surface area contributed by atoms with E-state index in [9.17, 15) is 5.11 Å². The van der Waals surface area contributed by atoms with Crippen molar-refractivity contribution in [3.05, 3.63) is 59.7 Å². The Bertz CT molecular complexity index is 556. The first-order valence-corrected chi connectivity index (χ1v) is 6.56. The summed E-state index contributed by atoms with van der Waals surface area (Å²) in [6.07, 6.45) is 2.60. The van der Waals surface area contributed by atoms with Crippen LogP contribution in [0.25, 0.3) is 0 Å². The molecule has 0 unspecified atom stereocenters. The molecule has 0 amide bonds. The van der Waals surface area contributed by atoms with Crippen LogP contribution in [-0.4, -0.2) is 11.3 Å².